The average molecular weight is 505 g/mol. The molecule has 1 aliphatic rings. The average Bonchev–Trinajstić information content (AvgIpc) is 3.26. The van der Waals surface area contributed by atoms with Crippen LogP contribution >= 0.6 is 11.3 Å². The van der Waals surface area contributed by atoms with Crippen molar-refractivity contribution in [3.63, 3.8) is 0 Å². The van der Waals surface area contributed by atoms with E-state index in [9.17, 15) is 22.4 Å². The van der Waals surface area contributed by atoms with E-state index in [4.69, 9.17) is 4.74 Å². The number of halogens is 1. The molecule has 1 saturated carbocycles. The number of rotatable bonds is 7. The number of benzene rings is 2. The molecule has 1 aliphatic carbocycles. The summed E-state index contributed by atoms with van der Waals surface area (Å²) in [5.41, 5.74) is 0.495. The van der Waals surface area contributed by atoms with E-state index in [-0.39, 0.29) is 17.5 Å². The molecule has 1 amide bonds. The van der Waals surface area contributed by atoms with Crippen LogP contribution in [0.4, 0.5) is 10.1 Å². The Morgan fingerprint density at radius 2 is 1.79 bits per heavy atom. The van der Waals surface area contributed by atoms with Crippen LogP contribution in [0.15, 0.2) is 53.4 Å². The Balaban J connectivity index is 1.55. The van der Waals surface area contributed by atoms with Crippen LogP contribution in [0.25, 0.3) is 10.1 Å². The van der Waals surface area contributed by atoms with Gasteiger partial charge in [0.25, 0.3) is 0 Å². The van der Waals surface area contributed by atoms with Gasteiger partial charge in [-0.3, -0.25) is 4.79 Å². The van der Waals surface area contributed by atoms with E-state index in [1.54, 1.807) is 24.3 Å². The molecule has 0 atom stereocenters. The van der Waals surface area contributed by atoms with E-state index in [2.05, 4.69) is 5.32 Å². The highest BCUT2D eigenvalue weighted by Gasteiger charge is 2.34. The minimum absolute atomic E-state index is 0.0395. The summed E-state index contributed by atoms with van der Waals surface area (Å²) in [7, 11) is -2.68. The number of anilines is 1. The number of fused-ring (bicyclic) bond motifs is 1. The molecule has 2 aromatic carbocycles. The highest BCUT2D eigenvalue weighted by Crippen LogP contribution is 2.30. The van der Waals surface area contributed by atoms with Gasteiger partial charge in [-0.25, -0.2) is 17.6 Å². The summed E-state index contributed by atoms with van der Waals surface area (Å²) in [5.74, 6) is -1.43. The molecule has 1 fully saturated rings. The summed E-state index contributed by atoms with van der Waals surface area (Å²) in [6.45, 7) is -0.348. The molecule has 34 heavy (non-hydrogen) atoms. The topological polar surface area (TPSA) is 92.8 Å². The zero-order chi connectivity index (χ0) is 24.3. The van der Waals surface area contributed by atoms with Crippen molar-refractivity contribution in [2.24, 2.45) is 0 Å². The van der Waals surface area contributed by atoms with Gasteiger partial charge in [0.05, 0.1) is 18.6 Å². The highest BCUT2D eigenvalue weighted by molar-refractivity contribution is 7.89. The standard InChI is InChI=1S/C24H25FN2O5S2/c1-32-24(29)22-14-16-13-18(9-12-21(16)33-22)26-23(28)15-27(19-5-3-2-4-6-19)34(30,31)20-10-7-17(25)8-11-20/h7-14,19H,2-6,15H2,1H3,(H,26,28). The third-order valence-corrected chi connectivity index (χ3v) is 8.90. The normalized spacial score (nSPS) is 14.9. The van der Waals surface area contributed by atoms with Crippen LogP contribution in [0.1, 0.15) is 41.8 Å². The molecule has 7 nitrogen and oxygen atoms in total. The Morgan fingerprint density at radius 3 is 2.47 bits per heavy atom. The van der Waals surface area contributed by atoms with E-state index >= 15 is 0 Å². The van der Waals surface area contributed by atoms with Crippen LogP contribution in [0.3, 0.4) is 0 Å². The van der Waals surface area contributed by atoms with Gasteiger partial charge in [-0.15, -0.1) is 11.3 Å². The molecule has 1 aromatic heterocycles. The van der Waals surface area contributed by atoms with Gasteiger partial charge in [0.1, 0.15) is 10.7 Å². The number of carbonyl (C=O) groups is 2. The van der Waals surface area contributed by atoms with Crippen molar-refractivity contribution in [1.82, 2.24) is 4.31 Å². The minimum Gasteiger partial charge on any atom is -0.465 e. The van der Waals surface area contributed by atoms with Crippen molar-refractivity contribution in [2.75, 3.05) is 19.0 Å². The number of ether oxygens (including phenoxy) is 1. The molecule has 10 heteroatoms. The first kappa shape index (κ1) is 24.3. The fourth-order valence-corrected chi connectivity index (χ4v) is 6.79. The number of sulfonamides is 1. The smallest absolute Gasteiger partial charge is 0.348 e. The molecule has 180 valence electrons. The van der Waals surface area contributed by atoms with Crippen LogP contribution in [0.2, 0.25) is 0 Å². The van der Waals surface area contributed by atoms with Gasteiger partial charge in [-0.2, -0.15) is 4.31 Å². The maximum atomic E-state index is 13.4. The van der Waals surface area contributed by atoms with Gasteiger partial charge in [0, 0.05) is 16.4 Å². The Morgan fingerprint density at radius 1 is 1.09 bits per heavy atom. The van der Waals surface area contributed by atoms with Crippen molar-refractivity contribution in [3.8, 4) is 0 Å². The molecule has 3 aromatic rings. The second-order valence-corrected chi connectivity index (χ2v) is 11.2. The second kappa shape index (κ2) is 10.2. The first-order valence-corrected chi connectivity index (χ1v) is 13.2. The fraction of sp³-hybridized carbons (Fsp3) is 0.333. The molecule has 0 saturated heterocycles. The molecule has 0 spiro atoms. The van der Waals surface area contributed by atoms with E-state index in [0.717, 1.165) is 41.5 Å². The van der Waals surface area contributed by atoms with Gasteiger partial charge in [-0.1, -0.05) is 19.3 Å². The lowest BCUT2D eigenvalue weighted by atomic mass is 9.95. The minimum atomic E-state index is -3.99. The molecular weight excluding hydrogens is 479 g/mol. The summed E-state index contributed by atoms with van der Waals surface area (Å²) >= 11 is 1.29. The lowest BCUT2D eigenvalue weighted by molar-refractivity contribution is -0.116. The number of nitrogens with zero attached hydrogens (tertiary/aromatic N) is 1. The molecule has 0 aliphatic heterocycles. The lowest BCUT2D eigenvalue weighted by Crippen LogP contribution is -2.45. The number of methoxy groups -OCH3 is 1. The third kappa shape index (κ3) is 5.29. The van der Waals surface area contributed by atoms with E-state index in [1.165, 1.54) is 34.9 Å². The van der Waals surface area contributed by atoms with Crippen molar-refractivity contribution in [2.45, 2.75) is 43.0 Å². The molecule has 0 bridgehead atoms. The van der Waals surface area contributed by atoms with Gasteiger partial charge in [0.2, 0.25) is 15.9 Å². The van der Waals surface area contributed by atoms with Gasteiger partial charge >= 0.3 is 5.97 Å². The van der Waals surface area contributed by atoms with Crippen LogP contribution in [0.5, 0.6) is 0 Å². The zero-order valence-corrected chi connectivity index (χ0v) is 20.3. The lowest BCUT2D eigenvalue weighted by Gasteiger charge is -2.33. The van der Waals surface area contributed by atoms with Gasteiger partial charge in [-0.05, 0) is 66.8 Å². The van der Waals surface area contributed by atoms with Crippen LogP contribution in [-0.2, 0) is 19.6 Å². The monoisotopic (exact) mass is 504 g/mol. The predicted octanol–water partition coefficient (Wildman–Crippen LogP) is 4.79. The van der Waals surface area contributed by atoms with Crippen molar-refractivity contribution < 1.29 is 27.1 Å². The first-order chi connectivity index (χ1) is 16.3. The molecular formula is C24H25FN2O5S2. The van der Waals surface area contributed by atoms with Gasteiger partial charge in [0.15, 0.2) is 0 Å². The van der Waals surface area contributed by atoms with Crippen LogP contribution in [-0.4, -0.2) is 44.3 Å². The molecule has 1 heterocycles. The maximum Gasteiger partial charge on any atom is 0.348 e. The number of thiophene rings is 1. The Kier molecular flexibility index (Phi) is 7.30. The number of nitrogens with one attached hydrogen (secondary N) is 1. The SMILES string of the molecule is COC(=O)c1cc2cc(NC(=O)CN(C3CCCCC3)S(=O)(=O)c3ccc(F)cc3)ccc2s1. The van der Waals surface area contributed by atoms with Crippen molar-refractivity contribution in [3.05, 3.63) is 59.2 Å². The fourth-order valence-electron chi connectivity index (χ4n) is 4.19. The van der Waals surface area contributed by atoms with Crippen LogP contribution < -0.4 is 5.32 Å². The summed E-state index contributed by atoms with van der Waals surface area (Å²) in [6.07, 6.45) is 4.15. The Hall–Kier alpha value is -2.82. The number of hydrogen-bond acceptors (Lipinski definition) is 6. The number of amides is 1. The van der Waals surface area contributed by atoms with Crippen LogP contribution in [0, 0.1) is 5.82 Å². The largest absolute Gasteiger partial charge is 0.465 e. The molecule has 4 rings (SSSR count). The molecule has 0 unspecified atom stereocenters. The zero-order valence-electron chi connectivity index (χ0n) is 18.6. The molecule has 1 N–H and O–H groups in total. The second-order valence-electron chi connectivity index (χ2n) is 8.20. The summed E-state index contributed by atoms with van der Waals surface area (Å²) in [5, 5.41) is 3.54. The summed E-state index contributed by atoms with van der Waals surface area (Å²) < 4.78 is 47.0. The third-order valence-electron chi connectivity index (χ3n) is 5.89. The Bertz CT molecular complexity index is 1300. The van der Waals surface area contributed by atoms with Crippen molar-refractivity contribution >= 4 is 49.0 Å². The number of hydrogen-bond donors (Lipinski definition) is 1. The highest BCUT2D eigenvalue weighted by atomic mass is 32.2. The summed E-state index contributed by atoms with van der Waals surface area (Å²) in [4.78, 5) is 25.1. The van der Waals surface area contributed by atoms with E-state index < -0.39 is 27.7 Å². The quantitative estimate of drug-likeness (QED) is 0.467. The Labute approximate surface area is 201 Å². The maximum absolute atomic E-state index is 13.4. The predicted molar refractivity (Wildman–Crippen MR) is 129 cm³/mol. The van der Waals surface area contributed by atoms with E-state index in [1.807, 2.05) is 0 Å². The number of esters is 1. The molecule has 0 radical (unpaired) electrons. The number of carbonyl (C=O) groups excluding carboxylic acids is 2. The van der Waals surface area contributed by atoms with E-state index in [0.29, 0.717) is 23.4 Å². The van der Waals surface area contributed by atoms with Gasteiger partial charge < -0.3 is 10.1 Å². The summed E-state index contributed by atoms with van der Waals surface area (Å²) in [6, 6.07) is 11.3. The first-order valence-electron chi connectivity index (χ1n) is 11.0. The van der Waals surface area contributed by atoms with Crippen molar-refractivity contribution in [1.29, 1.82) is 0 Å².